The molecule has 2 aromatic rings. The summed E-state index contributed by atoms with van der Waals surface area (Å²) in [6.45, 7) is 5.34. The highest BCUT2D eigenvalue weighted by Crippen LogP contribution is 2.32. The Labute approximate surface area is 157 Å². The van der Waals surface area contributed by atoms with Crippen LogP contribution in [-0.4, -0.2) is 41.2 Å². The van der Waals surface area contributed by atoms with Gasteiger partial charge in [0.15, 0.2) is 5.11 Å². The first-order chi connectivity index (χ1) is 11.5. The summed E-state index contributed by atoms with van der Waals surface area (Å²) in [5.74, 6) is 0.778. The summed E-state index contributed by atoms with van der Waals surface area (Å²) in [7, 11) is 0. The van der Waals surface area contributed by atoms with Crippen LogP contribution in [0.1, 0.15) is 5.56 Å². The first-order valence-corrected chi connectivity index (χ1v) is 8.88. The molecule has 0 saturated carbocycles. The van der Waals surface area contributed by atoms with E-state index in [4.69, 9.17) is 35.4 Å². The second-order valence-corrected chi connectivity index (χ2v) is 6.87. The molecule has 4 nitrogen and oxygen atoms in total. The molecule has 2 heterocycles. The van der Waals surface area contributed by atoms with E-state index in [1.54, 1.807) is 12.3 Å². The summed E-state index contributed by atoms with van der Waals surface area (Å²) in [5, 5.41) is 5.10. The molecule has 0 aliphatic carbocycles. The van der Waals surface area contributed by atoms with Gasteiger partial charge in [-0.25, -0.2) is 4.98 Å². The molecule has 3 rings (SSSR count). The molecule has 7 heteroatoms. The van der Waals surface area contributed by atoms with Crippen molar-refractivity contribution in [2.45, 2.75) is 6.92 Å². The lowest BCUT2D eigenvalue weighted by Gasteiger charge is -2.37. The number of benzene rings is 1. The van der Waals surface area contributed by atoms with Crippen LogP contribution in [0.4, 0.5) is 11.5 Å². The van der Waals surface area contributed by atoms with E-state index in [1.807, 2.05) is 31.2 Å². The van der Waals surface area contributed by atoms with E-state index in [0.717, 1.165) is 43.2 Å². The van der Waals surface area contributed by atoms with E-state index in [2.05, 4.69) is 20.1 Å². The highest BCUT2D eigenvalue weighted by molar-refractivity contribution is 7.80. The SMILES string of the molecule is Cc1ccnc(NC(=S)N2CCN(c3cccc(Cl)c3Cl)CC2)c1. The van der Waals surface area contributed by atoms with Crippen LogP contribution in [0.3, 0.4) is 0 Å². The molecule has 126 valence electrons. The quantitative estimate of drug-likeness (QED) is 0.788. The number of aryl methyl sites for hydroxylation is 1. The normalized spacial score (nSPS) is 14.6. The summed E-state index contributed by atoms with van der Waals surface area (Å²) in [6, 6.07) is 9.66. The number of anilines is 2. The Hall–Kier alpha value is -1.56. The Morgan fingerprint density at radius 3 is 2.62 bits per heavy atom. The van der Waals surface area contributed by atoms with Crippen molar-refractivity contribution in [2.75, 3.05) is 36.4 Å². The van der Waals surface area contributed by atoms with Gasteiger partial charge in [0.25, 0.3) is 0 Å². The first-order valence-electron chi connectivity index (χ1n) is 7.72. The third-order valence-electron chi connectivity index (χ3n) is 3.99. The number of nitrogens with one attached hydrogen (secondary N) is 1. The second-order valence-electron chi connectivity index (χ2n) is 5.70. The predicted molar refractivity (Wildman–Crippen MR) is 105 cm³/mol. The van der Waals surface area contributed by atoms with Crippen molar-refractivity contribution in [1.29, 1.82) is 0 Å². The molecule has 1 N–H and O–H groups in total. The Kier molecular flexibility index (Phi) is 5.43. The Balaban J connectivity index is 1.60. The molecule has 0 atom stereocenters. The van der Waals surface area contributed by atoms with Gasteiger partial charge in [-0.15, -0.1) is 0 Å². The topological polar surface area (TPSA) is 31.4 Å². The molecule has 0 radical (unpaired) electrons. The molecule has 0 amide bonds. The van der Waals surface area contributed by atoms with Crippen LogP contribution >= 0.6 is 35.4 Å². The Bertz CT molecular complexity index is 745. The Morgan fingerprint density at radius 1 is 1.17 bits per heavy atom. The van der Waals surface area contributed by atoms with Crippen LogP contribution in [0.5, 0.6) is 0 Å². The van der Waals surface area contributed by atoms with Crippen LogP contribution in [0.15, 0.2) is 36.5 Å². The maximum Gasteiger partial charge on any atom is 0.174 e. The van der Waals surface area contributed by atoms with Gasteiger partial charge in [0.1, 0.15) is 5.82 Å². The number of rotatable bonds is 2. The van der Waals surface area contributed by atoms with Gasteiger partial charge in [-0.2, -0.15) is 0 Å². The van der Waals surface area contributed by atoms with E-state index in [1.165, 1.54) is 0 Å². The van der Waals surface area contributed by atoms with Crippen molar-refractivity contribution in [3.05, 3.63) is 52.1 Å². The summed E-state index contributed by atoms with van der Waals surface area (Å²) in [6.07, 6.45) is 1.78. The lowest BCUT2D eigenvalue weighted by Crippen LogP contribution is -2.50. The number of pyridine rings is 1. The molecule has 1 aromatic carbocycles. The molecule has 24 heavy (non-hydrogen) atoms. The van der Waals surface area contributed by atoms with Crippen molar-refractivity contribution in [2.24, 2.45) is 0 Å². The molecule has 1 aliphatic rings. The number of nitrogens with zero attached hydrogens (tertiary/aromatic N) is 3. The van der Waals surface area contributed by atoms with Gasteiger partial charge < -0.3 is 15.1 Å². The summed E-state index contributed by atoms with van der Waals surface area (Å²) >= 11 is 17.9. The smallest absolute Gasteiger partial charge is 0.174 e. The average Bonchev–Trinajstić information content (AvgIpc) is 2.57. The molecule has 0 unspecified atom stereocenters. The zero-order chi connectivity index (χ0) is 17.1. The van der Waals surface area contributed by atoms with Crippen molar-refractivity contribution >= 4 is 52.0 Å². The minimum absolute atomic E-state index is 0.583. The first kappa shape index (κ1) is 17.3. The van der Waals surface area contributed by atoms with Gasteiger partial charge in [-0.1, -0.05) is 29.3 Å². The monoisotopic (exact) mass is 380 g/mol. The van der Waals surface area contributed by atoms with Gasteiger partial charge in [-0.3, -0.25) is 0 Å². The third kappa shape index (κ3) is 3.91. The number of thiocarbonyl (C=S) groups is 1. The fourth-order valence-corrected chi connectivity index (χ4v) is 3.38. The summed E-state index contributed by atoms with van der Waals surface area (Å²) < 4.78 is 0. The van der Waals surface area contributed by atoms with Crippen molar-refractivity contribution in [1.82, 2.24) is 9.88 Å². The number of hydrogen-bond donors (Lipinski definition) is 1. The third-order valence-corrected chi connectivity index (χ3v) is 5.16. The number of aromatic nitrogens is 1. The molecule has 1 saturated heterocycles. The van der Waals surface area contributed by atoms with E-state index in [-0.39, 0.29) is 0 Å². The maximum atomic E-state index is 6.31. The fourth-order valence-electron chi connectivity index (χ4n) is 2.68. The predicted octanol–water partition coefficient (Wildman–Crippen LogP) is 4.22. The summed E-state index contributed by atoms with van der Waals surface area (Å²) in [4.78, 5) is 8.67. The zero-order valence-electron chi connectivity index (χ0n) is 13.3. The van der Waals surface area contributed by atoms with Gasteiger partial charge >= 0.3 is 0 Å². The second kappa shape index (κ2) is 7.55. The molecular weight excluding hydrogens is 363 g/mol. The van der Waals surface area contributed by atoms with Gasteiger partial charge in [-0.05, 0) is 49.0 Å². The number of piperazine rings is 1. The van der Waals surface area contributed by atoms with Crippen molar-refractivity contribution < 1.29 is 0 Å². The van der Waals surface area contributed by atoms with E-state index in [9.17, 15) is 0 Å². The van der Waals surface area contributed by atoms with Crippen LogP contribution in [0.2, 0.25) is 10.0 Å². The van der Waals surface area contributed by atoms with E-state index < -0.39 is 0 Å². The highest BCUT2D eigenvalue weighted by atomic mass is 35.5. The minimum atomic E-state index is 0.583. The highest BCUT2D eigenvalue weighted by Gasteiger charge is 2.21. The Morgan fingerprint density at radius 2 is 1.92 bits per heavy atom. The van der Waals surface area contributed by atoms with Gasteiger partial charge in [0.05, 0.1) is 15.7 Å². The fraction of sp³-hybridized carbons (Fsp3) is 0.294. The standard InChI is InChI=1S/C17H18Cl2N4S/c1-12-5-6-20-15(11-12)21-17(24)23-9-7-22(8-10-23)14-4-2-3-13(18)16(14)19/h2-6,11H,7-10H2,1H3,(H,20,21,24). The van der Waals surface area contributed by atoms with Gasteiger partial charge in [0, 0.05) is 32.4 Å². The van der Waals surface area contributed by atoms with E-state index >= 15 is 0 Å². The van der Waals surface area contributed by atoms with Crippen molar-refractivity contribution in [3.63, 3.8) is 0 Å². The number of halogens is 2. The summed E-state index contributed by atoms with van der Waals surface area (Å²) in [5.41, 5.74) is 2.12. The van der Waals surface area contributed by atoms with Crippen LogP contribution < -0.4 is 10.2 Å². The molecule has 1 aromatic heterocycles. The maximum absolute atomic E-state index is 6.31. The largest absolute Gasteiger partial charge is 0.367 e. The van der Waals surface area contributed by atoms with Crippen LogP contribution in [-0.2, 0) is 0 Å². The molecule has 0 spiro atoms. The number of hydrogen-bond acceptors (Lipinski definition) is 3. The van der Waals surface area contributed by atoms with Gasteiger partial charge in [0.2, 0.25) is 0 Å². The molecule has 0 bridgehead atoms. The van der Waals surface area contributed by atoms with E-state index in [0.29, 0.717) is 15.2 Å². The lowest BCUT2D eigenvalue weighted by atomic mass is 10.2. The molecule has 1 aliphatic heterocycles. The molecule has 1 fully saturated rings. The minimum Gasteiger partial charge on any atom is -0.367 e. The average molecular weight is 381 g/mol. The zero-order valence-corrected chi connectivity index (χ0v) is 15.6. The van der Waals surface area contributed by atoms with Crippen molar-refractivity contribution in [3.8, 4) is 0 Å². The van der Waals surface area contributed by atoms with Crippen LogP contribution in [0, 0.1) is 6.92 Å². The molecular formula is C17H18Cl2N4S. The lowest BCUT2D eigenvalue weighted by molar-refractivity contribution is 0.391. The van der Waals surface area contributed by atoms with Crippen LogP contribution in [0.25, 0.3) is 0 Å².